The number of amides is 1. The molecule has 4 rings (SSSR count). The number of anilines is 2. The highest BCUT2D eigenvalue weighted by Crippen LogP contribution is 2.37. The molecular weight excluding hydrogens is 478 g/mol. The van der Waals surface area contributed by atoms with E-state index < -0.39 is 0 Å². The Hall–Kier alpha value is -3.09. The molecule has 0 aliphatic carbocycles. The van der Waals surface area contributed by atoms with Gasteiger partial charge in [0.2, 0.25) is 0 Å². The molecule has 2 aliphatic heterocycles. The molecule has 2 fully saturated rings. The molecule has 2 saturated heterocycles. The Labute approximate surface area is 215 Å². The zero-order chi connectivity index (χ0) is 25.3. The van der Waals surface area contributed by atoms with Gasteiger partial charge >= 0.3 is 0 Å². The van der Waals surface area contributed by atoms with Crippen LogP contribution >= 0.6 is 24.0 Å². The van der Waals surface area contributed by atoms with Gasteiger partial charge in [0.15, 0.2) is 0 Å². The van der Waals surface area contributed by atoms with Crippen LogP contribution in [0, 0.1) is 18.3 Å². The Morgan fingerprint density at radius 2 is 1.74 bits per heavy atom. The number of nitrogens with zero attached hydrogens (tertiary/aromatic N) is 5. The van der Waals surface area contributed by atoms with Gasteiger partial charge in [0, 0.05) is 50.0 Å². The second-order valence-corrected chi connectivity index (χ2v) is 10.5. The molecule has 1 amide bonds. The van der Waals surface area contributed by atoms with E-state index in [0.29, 0.717) is 34.4 Å². The number of thioether (sulfide) groups is 1. The summed E-state index contributed by atoms with van der Waals surface area (Å²) in [6, 6.07) is 12.3. The van der Waals surface area contributed by atoms with Crippen molar-refractivity contribution in [3.63, 3.8) is 0 Å². The molecule has 2 aromatic rings. The summed E-state index contributed by atoms with van der Waals surface area (Å²) in [4.78, 5) is 33.0. The van der Waals surface area contributed by atoms with Crippen LogP contribution in [-0.2, 0) is 11.3 Å². The number of thiocarbonyl (C=S) groups is 1. The van der Waals surface area contributed by atoms with Gasteiger partial charge in [0.25, 0.3) is 11.5 Å². The maximum atomic E-state index is 13.2. The minimum absolute atomic E-state index is 0.0423. The summed E-state index contributed by atoms with van der Waals surface area (Å²) in [5, 5.41) is 9.77. The second kappa shape index (κ2) is 10.3. The lowest BCUT2D eigenvalue weighted by Gasteiger charge is -2.39. The zero-order valence-corrected chi connectivity index (χ0v) is 22.1. The number of nitriles is 1. The minimum Gasteiger partial charge on any atom is -0.368 e. The van der Waals surface area contributed by atoms with E-state index in [1.165, 1.54) is 17.4 Å². The number of carbonyl (C=O) groups is 1. The van der Waals surface area contributed by atoms with Crippen LogP contribution in [0.2, 0.25) is 0 Å². The first kappa shape index (κ1) is 25.0. The number of para-hydroxylation sites is 1. The Bertz CT molecular complexity index is 1290. The first-order valence-corrected chi connectivity index (χ1v) is 13.0. The van der Waals surface area contributed by atoms with Crippen molar-refractivity contribution in [2.45, 2.75) is 40.3 Å². The largest absolute Gasteiger partial charge is 0.368 e. The van der Waals surface area contributed by atoms with Gasteiger partial charge in [-0.2, -0.15) is 5.26 Å². The molecule has 3 heterocycles. The average molecular weight is 508 g/mol. The van der Waals surface area contributed by atoms with E-state index in [2.05, 4.69) is 28.0 Å². The molecule has 0 spiro atoms. The summed E-state index contributed by atoms with van der Waals surface area (Å²) < 4.78 is 2.19. The zero-order valence-electron chi connectivity index (χ0n) is 20.4. The van der Waals surface area contributed by atoms with E-state index in [0.717, 1.165) is 24.5 Å². The molecule has 0 saturated carbocycles. The Morgan fingerprint density at radius 3 is 2.29 bits per heavy atom. The first-order valence-electron chi connectivity index (χ1n) is 11.8. The van der Waals surface area contributed by atoms with Crippen LogP contribution < -0.4 is 15.4 Å². The summed E-state index contributed by atoms with van der Waals surface area (Å²) in [5.74, 6) is 0.624. The number of pyridine rings is 1. The molecule has 9 heteroatoms. The van der Waals surface area contributed by atoms with Crippen molar-refractivity contribution in [2.24, 2.45) is 0 Å². The Morgan fingerprint density at radius 1 is 1.11 bits per heavy atom. The predicted octanol–water partition coefficient (Wildman–Crippen LogP) is 3.98. The number of piperazine rings is 1. The molecule has 182 valence electrons. The van der Waals surface area contributed by atoms with Crippen molar-refractivity contribution in [3.8, 4) is 6.07 Å². The van der Waals surface area contributed by atoms with Crippen molar-refractivity contribution >= 4 is 51.8 Å². The first-order chi connectivity index (χ1) is 16.8. The highest BCUT2D eigenvalue weighted by Gasteiger charge is 2.35. The molecular formula is C26H29N5O2S2. The number of benzene rings is 1. The van der Waals surface area contributed by atoms with E-state index in [9.17, 15) is 14.9 Å². The van der Waals surface area contributed by atoms with Crippen LogP contribution in [0.3, 0.4) is 0 Å². The third-order valence-corrected chi connectivity index (χ3v) is 7.81. The number of aromatic nitrogens is 1. The SMILES string of the molecule is CCn1c(N2CCN(c3ccccc3)CC2)c(/C=C2\SC(=S)N(C(C)C)C2=O)c(C)c(C#N)c1=O. The summed E-state index contributed by atoms with van der Waals surface area (Å²) in [7, 11) is 0. The fourth-order valence-corrected chi connectivity index (χ4v) is 6.16. The van der Waals surface area contributed by atoms with Crippen molar-refractivity contribution in [1.29, 1.82) is 5.26 Å². The molecule has 2 aliphatic rings. The van der Waals surface area contributed by atoms with E-state index in [4.69, 9.17) is 12.2 Å². The van der Waals surface area contributed by atoms with E-state index in [-0.39, 0.29) is 23.1 Å². The van der Waals surface area contributed by atoms with Crippen molar-refractivity contribution < 1.29 is 4.79 Å². The maximum absolute atomic E-state index is 13.2. The van der Waals surface area contributed by atoms with Gasteiger partial charge in [-0.15, -0.1) is 0 Å². The number of hydrogen-bond donors (Lipinski definition) is 0. The van der Waals surface area contributed by atoms with Crippen LogP contribution in [0.5, 0.6) is 0 Å². The number of rotatable bonds is 5. The molecule has 0 N–H and O–H groups in total. The van der Waals surface area contributed by atoms with Gasteiger partial charge in [0.1, 0.15) is 21.8 Å². The van der Waals surface area contributed by atoms with Crippen LogP contribution in [0.4, 0.5) is 11.5 Å². The summed E-state index contributed by atoms with van der Waals surface area (Å²) >= 11 is 6.73. The lowest BCUT2D eigenvalue weighted by Crippen LogP contribution is -2.48. The Kier molecular flexibility index (Phi) is 7.33. The third-order valence-electron chi connectivity index (χ3n) is 6.48. The minimum atomic E-state index is -0.292. The molecule has 1 aromatic heterocycles. The monoisotopic (exact) mass is 507 g/mol. The summed E-state index contributed by atoms with van der Waals surface area (Å²) in [5.41, 5.74) is 2.33. The molecule has 0 bridgehead atoms. The topological polar surface area (TPSA) is 72.6 Å². The van der Waals surface area contributed by atoms with E-state index in [1.807, 2.05) is 45.0 Å². The number of hydrogen-bond acceptors (Lipinski definition) is 7. The molecule has 35 heavy (non-hydrogen) atoms. The molecule has 7 nitrogen and oxygen atoms in total. The molecule has 0 atom stereocenters. The van der Waals surface area contributed by atoms with E-state index in [1.54, 1.807) is 16.4 Å². The highest BCUT2D eigenvalue weighted by atomic mass is 32.2. The average Bonchev–Trinajstić information content (AvgIpc) is 3.14. The maximum Gasteiger partial charge on any atom is 0.270 e. The molecule has 0 unspecified atom stereocenters. The quantitative estimate of drug-likeness (QED) is 0.448. The van der Waals surface area contributed by atoms with Gasteiger partial charge < -0.3 is 9.80 Å². The lowest BCUT2D eigenvalue weighted by molar-refractivity contribution is -0.123. The van der Waals surface area contributed by atoms with Crippen LogP contribution in [0.1, 0.15) is 37.5 Å². The van der Waals surface area contributed by atoms with Crippen LogP contribution in [0.25, 0.3) is 6.08 Å². The van der Waals surface area contributed by atoms with Gasteiger partial charge in [-0.3, -0.25) is 19.1 Å². The smallest absolute Gasteiger partial charge is 0.270 e. The summed E-state index contributed by atoms with van der Waals surface area (Å²) in [6.07, 6.45) is 1.82. The number of carbonyl (C=O) groups excluding carboxylic acids is 1. The van der Waals surface area contributed by atoms with Crippen molar-refractivity contribution in [2.75, 3.05) is 36.0 Å². The standard InChI is InChI=1S/C26H29N5O2S2/c1-5-30-23(29-13-11-28(12-14-29)19-9-7-6-8-10-19)20(18(4)21(16-27)24(30)32)15-22-25(33)31(17(2)3)26(34)35-22/h6-10,15,17H,5,11-14H2,1-4H3/b22-15-. The normalized spacial score (nSPS) is 17.6. The predicted molar refractivity (Wildman–Crippen MR) is 147 cm³/mol. The second-order valence-electron chi connectivity index (χ2n) is 8.85. The van der Waals surface area contributed by atoms with Gasteiger partial charge in [-0.05, 0) is 51.5 Å². The fourth-order valence-electron chi connectivity index (χ4n) is 4.65. The molecule has 0 radical (unpaired) electrons. The van der Waals surface area contributed by atoms with Gasteiger partial charge in [0.05, 0.1) is 4.91 Å². The van der Waals surface area contributed by atoms with Crippen molar-refractivity contribution in [3.05, 3.63) is 62.3 Å². The molecule has 1 aromatic carbocycles. The highest BCUT2D eigenvalue weighted by molar-refractivity contribution is 8.26. The fraction of sp³-hybridized carbons (Fsp3) is 0.385. The van der Waals surface area contributed by atoms with E-state index >= 15 is 0 Å². The summed E-state index contributed by atoms with van der Waals surface area (Å²) in [6.45, 7) is 11.0. The van der Waals surface area contributed by atoms with Crippen LogP contribution in [0.15, 0.2) is 40.0 Å². The van der Waals surface area contributed by atoms with Gasteiger partial charge in [-0.25, -0.2) is 0 Å². The third kappa shape index (κ3) is 4.60. The van der Waals surface area contributed by atoms with Crippen molar-refractivity contribution in [1.82, 2.24) is 9.47 Å². The Balaban J connectivity index is 1.79. The van der Waals surface area contributed by atoms with Gasteiger partial charge in [-0.1, -0.05) is 42.2 Å². The lowest BCUT2D eigenvalue weighted by atomic mass is 10.0. The van der Waals surface area contributed by atoms with Crippen LogP contribution in [-0.4, -0.2) is 51.9 Å².